The van der Waals surface area contributed by atoms with Crippen LogP contribution in [-0.2, 0) is 11.3 Å². The summed E-state index contributed by atoms with van der Waals surface area (Å²) in [6, 6.07) is 6.31. The molecule has 1 aliphatic carbocycles. The number of thiazole rings is 1. The molecule has 3 rings (SSSR count). The summed E-state index contributed by atoms with van der Waals surface area (Å²) in [4.78, 5) is 35.5. The van der Waals surface area contributed by atoms with E-state index in [2.05, 4.69) is 16.6 Å². The van der Waals surface area contributed by atoms with E-state index in [0.29, 0.717) is 16.9 Å². The van der Waals surface area contributed by atoms with Crippen molar-refractivity contribution >= 4 is 41.0 Å². The van der Waals surface area contributed by atoms with Gasteiger partial charge in [-0.2, -0.15) is 5.10 Å². The smallest absolute Gasteiger partial charge is 0.335 e. The van der Waals surface area contributed by atoms with Crippen LogP contribution in [0.25, 0.3) is 0 Å². The fraction of sp³-hybridized carbons (Fsp3) is 0.263. The molecule has 0 radical (unpaired) electrons. The Balaban J connectivity index is 1.70. The number of carboxylic acid groups (broad SMARTS) is 1. The molecule has 1 aromatic heterocycles. The lowest BCUT2D eigenvalue weighted by molar-refractivity contribution is -0.125. The predicted molar refractivity (Wildman–Crippen MR) is 108 cm³/mol. The molecular weight excluding hydrogens is 402 g/mol. The minimum atomic E-state index is -1.04. The fourth-order valence-electron chi connectivity index (χ4n) is 2.88. The Bertz CT molecular complexity index is 1010. The van der Waals surface area contributed by atoms with Crippen LogP contribution in [0, 0.1) is 5.92 Å². The third kappa shape index (κ3) is 4.76. The Morgan fingerprint density at radius 2 is 2.21 bits per heavy atom. The Labute approximate surface area is 170 Å². The molecule has 2 aromatic rings. The summed E-state index contributed by atoms with van der Waals surface area (Å²) in [5, 5.41) is 13.2. The Morgan fingerprint density at radius 3 is 2.93 bits per heavy atom. The molecule has 0 fully saturated rings. The largest absolute Gasteiger partial charge is 0.478 e. The van der Waals surface area contributed by atoms with Gasteiger partial charge in [0.05, 0.1) is 23.2 Å². The van der Waals surface area contributed by atoms with Gasteiger partial charge in [-0.25, -0.2) is 10.2 Å². The van der Waals surface area contributed by atoms with E-state index in [4.69, 9.17) is 16.7 Å². The number of amides is 1. The molecule has 1 aromatic carbocycles. The van der Waals surface area contributed by atoms with Crippen LogP contribution in [0.5, 0.6) is 0 Å². The Morgan fingerprint density at radius 1 is 1.39 bits per heavy atom. The van der Waals surface area contributed by atoms with Gasteiger partial charge in [-0.3, -0.25) is 14.2 Å². The Kier molecular flexibility index (Phi) is 6.43. The molecule has 9 heteroatoms. The van der Waals surface area contributed by atoms with Crippen molar-refractivity contribution in [2.45, 2.75) is 25.8 Å². The first-order valence-corrected chi connectivity index (χ1v) is 9.84. The first kappa shape index (κ1) is 20.0. The second kappa shape index (κ2) is 8.99. The number of carboxylic acids is 1. The highest BCUT2D eigenvalue weighted by Crippen LogP contribution is 2.20. The minimum absolute atomic E-state index is 0.0949. The molecule has 0 bridgehead atoms. The van der Waals surface area contributed by atoms with Crippen molar-refractivity contribution in [3.05, 3.63) is 67.2 Å². The number of benzene rings is 1. The van der Waals surface area contributed by atoms with Crippen LogP contribution in [0.2, 0.25) is 5.15 Å². The zero-order valence-electron chi connectivity index (χ0n) is 14.8. The number of rotatable bonds is 6. The van der Waals surface area contributed by atoms with Crippen molar-refractivity contribution in [3.63, 3.8) is 0 Å². The van der Waals surface area contributed by atoms with E-state index >= 15 is 0 Å². The maximum absolute atomic E-state index is 12.3. The summed E-state index contributed by atoms with van der Waals surface area (Å²) in [5.74, 6) is -1.29. The second-order valence-electron chi connectivity index (χ2n) is 6.33. The standard InChI is InChI=1S/C19H18ClN3O4S/c20-16-15(10-21-22-17(24)13-6-2-1-3-7-13)28-19(27)23(16)11-12-5-4-8-14(9-12)18(25)26/h1-2,4-5,8-10,13H,3,6-7,11H2,(H,22,24)(H,25,26)/b21-10-/t13-/m1/s1. The molecule has 146 valence electrons. The van der Waals surface area contributed by atoms with E-state index in [1.807, 2.05) is 6.08 Å². The molecule has 0 spiro atoms. The van der Waals surface area contributed by atoms with Crippen LogP contribution in [-0.4, -0.2) is 27.8 Å². The maximum atomic E-state index is 12.3. The molecule has 0 unspecified atom stereocenters. The lowest BCUT2D eigenvalue weighted by Gasteiger charge is -2.14. The molecule has 1 amide bonds. The maximum Gasteiger partial charge on any atom is 0.335 e. The van der Waals surface area contributed by atoms with Gasteiger partial charge < -0.3 is 5.11 Å². The van der Waals surface area contributed by atoms with Crippen LogP contribution in [0.1, 0.15) is 40.1 Å². The minimum Gasteiger partial charge on any atom is -0.478 e. The quantitative estimate of drug-likeness (QED) is 0.426. The van der Waals surface area contributed by atoms with Crippen LogP contribution in [0.4, 0.5) is 0 Å². The zero-order chi connectivity index (χ0) is 20.1. The zero-order valence-corrected chi connectivity index (χ0v) is 16.4. The molecule has 1 heterocycles. The molecule has 28 heavy (non-hydrogen) atoms. The van der Waals surface area contributed by atoms with E-state index in [1.165, 1.54) is 22.9 Å². The van der Waals surface area contributed by atoms with Gasteiger partial charge in [-0.05, 0) is 37.0 Å². The molecule has 7 nitrogen and oxygen atoms in total. The van der Waals surface area contributed by atoms with Crippen molar-refractivity contribution < 1.29 is 14.7 Å². The van der Waals surface area contributed by atoms with Crippen molar-refractivity contribution in [1.82, 2.24) is 9.99 Å². The number of allylic oxidation sites excluding steroid dienone is 2. The summed E-state index contributed by atoms with van der Waals surface area (Å²) < 4.78 is 1.34. The van der Waals surface area contributed by atoms with E-state index in [-0.39, 0.29) is 34.0 Å². The molecule has 1 aliphatic rings. The topological polar surface area (TPSA) is 101 Å². The average Bonchev–Trinajstić information content (AvgIpc) is 2.96. The van der Waals surface area contributed by atoms with Crippen molar-refractivity contribution in [1.29, 1.82) is 0 Å². The van der Waals surface area contributed by atoms with E-state index < -0.39 is 5.97 Å². The van der Waals surface area contributed by atoms with Crippen molar-refractivity contribution in [3.8, 4) is 0 Å². The van der Waals surface area contributed by atoms with Crippen LogP contribution in [0.3, 0.4) is 0 Å². The highest BCUT2D eigenvalue weighted by molar-refractivity contribution is 7.11. The highest BCUT2D eigenvalue weighted by Gasteiger charge is 2.18. The summed E-state index contributed by atoms with van der Waals surface area (Å²) in [6.07, 6.45) is 7.76. The van der Waals surface area contributed by atoms with Gasteiger partial charge in [0.25, 0.3) is 0 Å². The second-order valence-corrected chi connectivity index (χ2v) is 7.68. The third-order valence-corrected chi connectivity index (χ3v) is 5.80. The lowest BCUT2D eigenvalue weighted by Crippen LogP contribution is -2.27. The molecule has 0 saturated carbocycles. The van der Waals surface area contributed by atoms with Crippen molar-refractivity contribution in [2.75, 3.05) is 0 Å². The molecule has 1 atom stereocenters. The normalized spacial score (nSPS) is 16.4. The van der Waals surface area contributed by atoms with Gasteiger partial charge in [0.15, 0.2) is 0 Å². The summed E-state index contributed by atoms with van der Waals surface area (Å²) in [6.45, 7) is 0.143. The first-order valence-electron chi connectivity index (χ1n) is 8.65. The lowest BCUT2D eigenvalue weighted by atomic mass is 9.94. The Hall–Kier alpha value is -2.71. The number of hydrogen-bond acceptors (Lipinski definition) is 5. The number of hydrazone groups is 1. The fourth-order valence-corrected chi connectivity index (χ4v) is 3.99. The molecule has 2 N–H and O–H groups in total. The van der Waals surface area contributed by atoms with Crippen LogP contribution in [0.15, 0.2) is 46.3 Å². The van der Waals surface area contributed by atoms with Crippen LogP contribution >= 0.6 is 22.9 Å². The monoisotopic (exact) mass is 419 g/mol. The molecule has 0 aliphatic heterocycles. The summed E-state index contributed by atoms with van der Waals surface area (Å²) >= 11 is 7.20. The first-order chi connectivity index (χ1) is 13.5. The van der Waals surface area contributed by atoms with Gasteiger partial charge in [0.1, 0.15) is 5.15 Å². The number of carbonyl (C=O) groups excluding carboxylic acids is 1. The number of aromatic nitrogens is 1. The van der Waals surface area contributed by atoms with Gasteiger partial charge in [-0.1, -0.05) is 47.2 Å². The predicted octanol–water partition coefficient (Wildman–Crippen LogP) is 3.12. The van der Waals surface area contributed by atoms with Gasteiger partial charge in [0.2, 0.25) is 5.91 Å². The highest BCUT2D eigenvalue weighted by atomic mass is 35.5. The average molecular weight is 420 g/mol. The number of carbonyl (C=O) groups is 2. The van der Waals surface area contributed by atoms with Gasteiger partial charge in [-0.15, -0.1) is 0 Å². The van der Waals surface area contributed by atoms with E-state index in [9.17, 15) is 14.4 Å². The number of nitrogens with zero attached hydrogens (tertiary/aromatic N) is 2. The van der Waals surface area contributed by atoms with Gasteiger partial charge >= 0.3 is 10.8 Å². The molecule has 0 saturated heterocycles. The van der Waals surface area contributed by atoms with E-state index in [0.717, 1.165) is 24.2 Å². The van der Waals surface area contributed by atoms with E-state index in [1.54, 1.807) is 12.1 Å². The van der Waals surface area contributed by atoms with Gasteiger partial charge in [0, 0.05) is 5.92 Å². The summed E-state index contributed by atoms with van der Waals surface area (Å²) in [7, 11) is 0. The van der Waals surface area contributed by atoms with Crippen LogP contribution < -0.4 is 10.3 Å². The van der Waals surface area contributed by atoms with Crippen molar-refractivity contribution in [2.24, 2.45) is 11.0 Å². The number of aromatic carboxylic acids is 1. The number of halogens is 1. The SMILES string of the molecule is O=C(O)c1cccc(Cn2c(Cl)c(/C=N\NC(=O)[C@@H]3CC=CCC3)sc2=O)c1. The number of hydrogen-bond donors (Lipinski definition) is 2. The third-order valence-electron chi connectivity index (χ3n) is 4.37. The number of nitrogens with one attached hydrogen (secondary N) is 1. The molecular formula is C19H18ClN3O4S. The summed E-state index contributed by atoms with van der Waals surface area (Å²) in [5.41, 5.74) is 3.27.